The highest BCUT2D eigenvalue weighted by Gasteiger charge is 2.26. The van der Waals surface area contributed by atoms with E-state index in [1.165, 1.54) is 22.5 Å². The summed E-state index contributed by atoms with van der Waals surface area (Å²) >= 11 is 1.34. The second-order valence-electron chi connectivity index (χ2n) is 5.82. The number of rotatable bonds is 4. The Labute approximate surface area is 143 Å². The van der Waals surface area contributed by atoms with Crippen LogP contribution in [-0.2, 0) is 6.42 Å². The molecule has 1 amide bonds. The summed E-state index contributed by atoms with van der Waals surface area (Å²) in [6, 6.07) is 10.1. The SMILES string of the molecule is Cc1nc(-c2ncccn2)sc1C(=O)NCC1Cc2ccccc21. The van der Waals surface area contributed by atoms with Crippen molar-refractivity contribution in [1.29, 1.82) is 0 Å². The van der Waals surface area contributed by atoms with Gasteiger partial charge in [0.1, 0.15) is 4.88 Å². The van der Waals surface area contributed by atoms with Gasteiger partial charge in [-0.05, 0) is 30.5 Å². The van der Waals surface area contributed by atoms with E-state index in [1.807, 2.05) is 13.0 Å². The van der Waals surface area contributed by atoms with E-state index < -0.39 is 0 Å². The van der Waals surface area contributed by atoms with Crippen LogP contribution in [0.25, 0.3) is 10.8 Å². The number of hydrogen-bond donors (Lipinski definition) is 1. The Kier molecular flexibility index (Phi) is 3.82. The van der Waals surface area contributed by atoms with Crippen LogP contribution in [0.4, 0.5) is 0 Å². The molecule has 2 aromatic heterocycles. The Morgan fingerprint density at radius 2 is 2.04 bits per heavy atom. The van der Waals surface area contributed by atoms with Gasteiger partial charge < -0.3 is 5.32 Å². The Morgan fingerprint density at radius 3 is 2.83 bits per heavy atom. The Balaban J connectivity index is 1.45. The van der Waals surface area contributed by atoms with Crippen LogP contribution >= 0.6 is 11.3 Å². The number of aryl methyl sites for hydroxylation is 1. The zero-order chi connectivity index (χ0) is 16.5. The average molecular weight is 336 g/mol. The predicted molar refractivity (Wildman–Crippen MR) is 93.1 cm³/mol. The first-order valence-electron chi connectivity index (χ1n) is 7.83. The van der Waals surface area contributed by atoms with E-state index in [0.717, 1.165) is 6.42 Å². The topological polar surface area (TPSA) is 67.8 Å². The molecular weight excluding hydrogens is 320 g/mol. The Bertz CT molecular complexity index is 891. The minimum Gasteiger partial charge on any atom is -0.351 e. The second kappa shape index (κ2) is 6.13. The van der Waals surface area contributed by atoms with Crippen LogP contribution in [0.2, 0.25) is 0 Å². The van der Waals surface area contributed by atoms with Gasteiger partial charge in [0, 0.05) is 24.9 Å². The number of nitrogens with one attached hydrogen (secondary N) is 1. The van der Waals surface area contributed by atoms with E-state index in [0.29, 0.717) is 33.9 Å². The van der Waals surface area contributed by atoms with Crippen molar-refractivity contribution in [3.05, 3.63) is 64.4 Å². The molecule has 24 heavy (non-hydrogen) atoms. The van der Waals surface area contributed by atoms with Crippen molar-refractivity contribution in [2.24, 2.45) is 0 Å². The molecule has 1 N–H and O–H groups in total. The maximum Gasteiger partial charge on any atom is 0.263 e. The average Bonchev–Trinajstić information content (AvgIpc) is 2.98. The normalized spacial score (nSPS) is 15.5. The highest BCUT2D eigenvalue weighted by molar-refractivity contribution is 7.17. The van der Waals surface area contributed by atoms with Crippen molar-refractivity contribution in [1.82, 2.24) is 20.3 Å². The minimum absolute atomic E-state index is 0.0726. The summed E-state index contributed by atoms with van der Waals surface area (Å²) in [6.45, 7) is 2.50. The second-order valence-corrected chi connectivity index (χ2v) is 6.81. The fourth-order valence-corrected chi connectivity index (χ4v) is 3.88. The van der Waals surface area contributed by atoms with Crippen molar-refractivity contribution in [3.8, 4) is 10.8 Å². The van der Waals surface area contributed by atoms with Gasteiger partial charge in [0.2, 0.25) is 0 Å². The van der Waals surface area contributed by atoms with Crippen molar-refractivity contribution in [2.75, 3.05) is 6.54 Å². The van der Waals surface area contributed by atoms with Crippen molar-refractivity contribution < 1.29 is 4.79 Å². The number of aromatic nitrogens is 3. The molecule has 120 valence electrons. The Hall–Kier alpha value is -2.60. The monoisotopic (exact) mass is 336 g/mol. The third-order valence-corrected chi connectivity index (χ3v) is 5.38. The van der Waals surface area contributed by atoms with Gasteiger partial charge in [-0.2, -0.15) is 0 Å². The van der Waals surface area contributed by atoms with Crippen molar-refractivity contribution in [3.63, 3.8) is 0 Å². The highest BCUT2D eigenvalue weighted by atomic mass is 32.1. The molecule has 0 fully saturated rings. The maximum atomic E-state index is 12.5. The lowest BCUT2D eigenvalue weighted by Gasteiger charge is -2.30. The molecule has 4 rings (SSSR count). The standard InChI is InChI=1S/C18H16N4OS/c1-11-15(24-18(22-11)16-19-7-4-8-20-16)17(23)21-10-13-9-12-5-2-3-6-14(12)13/h2-8,13H,9-10H2,1H3,(H,21,23). The zero-order valence-corrected chi connectivity index (χ0v) is 14.0. The molecule has 0 bridgehead atoms. The quantitative estimate of drug-likeness (QED) is 0.795. The molecule has 1 unspecified atom stereocenters. The van der Waals surface area contributed by atoms with Crippen LogP contribution in [0.15, 0.2) is 42.7 Å². The van der Waals surface area contributed by atoms with Gasteiger partial charge in [-0.25, -0.2) is 15.0 Å². The third kappa shape index (κ3) is 2.69. The largest absolute Gasteiger partial charge is 0.351 e. The number of hydrogen-bond acceptors (Lipinski definition) is 5. The molecule has 1 aromatic carbocycles. The fraction of sp³-hybridized carbons (Fsp3) is 0.222. The molecule has 6 heteroatoms. The first-order valence-corrected chi connectivity index (χ1v) is 8.65. The molecule has 2 heterocycles. The van der Waals surface area contributed by atoms with Crippen LogP contribution in [-0.4, -0.2) is 27.4 Å². The van der Waals surface area contributed by atoms with Gasteiger partial charge in [-0.15, -0.1) is 11.3 Å². The summed E-state index contributed by atoms with van der Waals surface area (Å²) < 4.78 is 0. The molecular formula is C18H16N4OS. The van der Waals surface area contributed by atoms with Gasteiger partial charge in [-0.3, -0.25) is 4.79 Å². The summed E-state index contributed by atoms with van der Waals surface area (Å²) in [5.74, 6) is 0.893. The number of carbonyl (C=O) groups is 1. The first kappa shape index (κ1) is 15.0. The minimum atomic E-state index is -0.0726. The van der Waals surface area contributed by atoms with E-state index in [9.17, 15) is 4.79 Å². The summed E-state index contributed by atoms with van der Waals surface area (Å²) in [6.07, 6.45) is 4.38. The fourth-order valence-electron chi connectivity index (χ4n) is 2.95. The van der Waals surface area contributed by atoms with Crippen LogP contribution in [0, 0.1) is 6.92 Å². The van der Waals surface area contributed by atoms with E-state index in [2.05, 4.69) is 38.5 Å². The summed E-state index contributed by atoms with van der Waals surface area (Å²) in [5, 5.41) is 3.71. The number of fused-ring (bicyclic) bond motifs is 1. The smallest absolute Gasteiger partial charge is 0.263 e. The van der Waals surface area contributed by atoms with Crippen LogP contribution in [0.5, 0.6) is 0 Å². The summed E-state index contributed by atoms with van der Waals surface area (Å²) in [7, 11) is 0. The summed E-state index contributed by atoms with van der Waals surface area (Å²) in [4.78, 5) is 25.9. The van der Waals surface area contributed by atoms with Gasteiger partial charge in [-0.1, -0.05) is 24.3 Å². The molecule has 0 aliphatic heterocycles. The lowest BCUT2D eigenvalue weighted by Crippen LogP contribution is -2.33. The molecule has 0 saturated carbocycles. The molecule has 1 atom stereocenters. The molecule has 3 aromatic rings. The first-order chi connectivity index (χ1) is 11.7. The molecule has 0 radical (unpaired) electrons. The summed E-state index contributed by atoms with van der Waals surface area (Å²) in [5.41, 5.74) is 3.44. The van der Waals surface area contributed by atoms with E-state index >= 15 is 0 Å². The van der Waals surface area contributed by atoms with Gasteiger partial charge >= 0.3 is 0 Å². The lowest BCUT2D eigenvalue weighted by atomic mass is 9.77. The molecule has 0 saturated heterocycles. The zero-order valence-electron chi connectivity index (χ0n) is 13.2. The van der Waals surface area contributed by atoms with E-state index in [-0.39, 0.29) is 5.91 Å². The van der Waals surface area contributed by atoms with Crippen LogP contribution < -0.4 is 5.32 Å². The maximum absolute atomic E-state index is 12.5. The van der Waals surface area contributed by atoms with Gasteiger partial charge in [0.05, 0.1) is 5.69 Å². The third-order valence-electron chi connectivity index (χ3n) is 4.23. The van der Waals surface area contributed by atoms with E-state index in [1.54, 1.807) is 18.5 Å². The van der Waals surface area contributed by atoms with Gasteiger partial charge in [0.25, 0.3) is 5.91 Å². The van der Waals surface area contributed by atoms with Crippen LogP contribution in [0.3, 0.4) is 0 Å². The lowest BCUT2D eigenvalue weighted by molar-refractivity contribution is 0.0953. The van der Waals surface area contributed by atoms with E-state index in [4.69, 9.17) is 0 Å². The number of nitrogens with zero attached hydrogens (tertiary/aromatic N) is 3. The van der Waals surface area contributed by atoms with Crippen molar-refractivity contribution >= 4 is 17.2 Å². The van der Waals surface area contributed by atoms with Gasteiger partial charge in [0.15, 0.2) is 10.8 Å². The number of carbonyl (C=O) groups excluding carboxylic acids is 1. The molecule has 1 aliphatic carbocycles. The molecule has 1 aliphatic rings. The molecule has 5 nitrogen and oxygen atoms in total. The number of thiazole rings is 1. The molecule has 0 spiro atoms. The number of benzene rings is 1. The van der Waals surface area contributed by atoms with Crippen molar-refractivity contribution in [2.45, 2.75) is 19.3 Å². The Morgan fingerprint density at radius 1 is 1.25 bits per heavy atom. The predicted octanol–water partition coefficient (Wildman–Crippen LogP) is 2.98. The highest BCUT2D eigenvalue weighted by Crippen LogP contribution is 2.34. The number of amides is 1. The van der Waals surface area contributed by atoms with Crippen LogP contribution in [0.1, 0.15) is 32.4 Å².